The zero-order valence-corrected chi connectivity index (χ0v) is 17.6. The van der Waals surface area contributed by atoms with Crippen molar-refractivity contribution in [1.82, 2.24) is 20.0 Å². The highest BCUT2D eigenvalue weighted by Crippen LogP contribution is 2.25. The number of aromatic nitrogens is 2. The lowest BCUT2D eigenvalue weighted by molar-refractivity contribution is 0.0676. The molecule has 28 heavy (non-hydrogen) atoms. The first-order chi connectivity index (χ1) is 13.2. The summed E-state index contributed by atoms with van der Waals surface area (Å²) in [5.74, 6) is 1.24. The summed E-state index contributed by atoms with van der Waals surface area (Å²) in [4.78, 5) is 15.0. The predicted octanol–water partition coefficient (Wildman–Crippen LogP) is 3.54. The second-order valence-electron chi connectivity index (χ2n) is 7.10. The van der Waals surface area contributed by atoms with E-state index < -0.39 is 0 Å². The molecule has 154 valence electrons. The number of para-hydroxylation sites is 1. The lowest BCUT2D eigenvalue weighted by Crippen LogP contribution is -2.39. The molecule has 0 spiro atoms. The van der Waals surface area contributed by atoms with Crippen LogP contribution in [-0.4, -0.2) is 53.9 Å². The molecule has 0 unspecified atom stereocenters. The van der Waals surface area contributed by atoms with Crippen molar-refractivity contribution < 1.29 is 9.53 Å². The van der Waals surface area contributed by atoms with Gasteiger partial charge in [-0.3, -0.25) is 4.79 Å². The van der Waals surface area contributed by atoms with E-state index >= 15 is 0 Å². The summed E-state index contributed by atoms with van der Waals surface area (Å²) in [7, 11) is 1.99. The van der Waals surface area contributed by atoms with Crippen LogP contribution in [-0.2, 0) is 0 Å². The first-order valence-corrected chi connectivity index (χ1v) is 9.94. The Balaban J connectivity index is 0.00000280. The standard InChI is InChI=1S/C21H30N4O2.ClH/c1-3-15-27-19-16-25(18-7-5-4-6-8-18)23-20(19)21(26)24-13-10-17(11-14-24)9-12-22-2;/h4-8,16-17,22H,3,9-15H2,1-2H3;1H. The van der Waals surface area contributed by atoms with Gasteiger partial charge in [-0.15, -0.1) is 12.4 Å². The molecule has 1 amide bonds. The molecule has 0 atom stereocenters. The Morgan fingerprint density at radius 2 is 1.96 bits per heavy atom. The van der Waals surface area contributed by atoms with Gasteiger partial charge in [0, 0.05) is 13.1 Å². The van der Waals surface area contributed by atoms with Crippen LogP contribution in [0.2, 0.25) is 0 Å². The molecule has 2 heterocycles. The molecule has 2 aromatic rings. The minimum Gasteiger partial charge on any atom is -0.489 e. The number of hydrogen-bond donors (Lipinski definition) is 1. The van der Waals surface area contributed by atoms with Gasteiger partial charge in [0.25, 0.3) is 5.91 Å². The normalized spacial score (nSPS) is 14.6. The molecule has 1 aliphatic heterocycles. The summed E-state index contributed by atoms with van der Waals surface area (Å²) in [6.45, 7) is 5.25. The fourth-order valence-corrected chi connectivity index (χ4v) is 3.46. The minimum atomic E-state index is -0.0251. The molecular formula is C21H31ClN4O2. The quantitative estimate of drug-likeness (QED) is 0.728. The zero-order chi connectivity index (χ0) is 19.1. The van der Waals surface area contributed by atoms with Gasteiger partial charge in [0.15, 0.2) is 11.4 Å². The number of piperidine rings is 1. The number of ether oxygens (including phenoxy) is 1. The second kappa shape index (κ2) is 11.1. The number of rotatable bonds is 8. The van der Waals surface area contributed by atoms with Crippen molar-refractivity contribution in [1.29, 1.82) is 0 Å². The Labute approximate surface area is 173 Å². The molecule has 1 saturated heterocycles. The van der Waals surface area contributed by atoms with Gasteiger partial charge in [0.2, 0.25) is 0 Å². The van der Waals surface area contributed by atoms with E-state index in [9.17, 15) is 4.79 Å². The van der Waals surface area contributed by atoms with Gasteiger partial charge in [0.05, 0.1) is 18.5 Å². The summed E-state index contributed by atoms with van der Waals surface area (Å²) < 4.78 is 7.57. The first-order valence-electron chi connectivity index (χ1n) is 9.94. The molecule has 1 fully saturated rings. The Hall–Kier alpha value is -2.05. The van der Waals surface area contributed by atoms with Crippen LogP contribution in [0.3, 0.4) is 0 Å². The Morgan fingerprint density at radius 1 is 1.25 bits per heavy atom. The fourth-order valence-electron chi connectivity index (χ4n) is 3.46. The average Bonchev–Trinajstić information content (AvgIpc) is 3.15. The third kappa shape index (κ3) is 5.49. The van der Waals surface area contributed by atoms with Crippen molar-refractivity contribution >= 4 is 18.3 Å². The van der Waals surface area contributed by atoms with Crippen LogP contribution in [0.25, 0.3) is 5.69 Å². The van der Waals surface area contributed by atoms with E-state index in [0.29, 0.717) is 24.0 Å². The summed E-state index contributed by atoms with van der Waals surface area (Å²) in [6, 6.07) is 9.82. The summed E-state index contributed by atoms with van der Waals surface area (Å²) >= 11 is 0. The lowest BCUT2D eigenvalue weighted by Gasteiger charge is -2.31. The van der Waals surface area contributed by atoms with E-state index in [1.54, 1.807) is 4.68 Å². The van der Waals surface area contributed by atoms with Crippen LogP contribution in [0.1, 0.15) is 43.1 Å². The van der Waals surface area contributed by atoms with Crippen LogP contribution in [0, 0.1) is 5.92 Å². The molecule has 1 aromatic carbocycles. The second-order valence-corrected chi connectivity index (χ2v) is 7.10. The molecule has 7 heteroatoms. The summed E-state index contributed by atoms with van der Waals surface area (Å²) in [5.41, 5.74) is 1.34. The third-order valence-corrected chi connectivity index (χ3v) is 5.07. The highest BCUT2D eigenvalue weighted by atomic mass is 35.5. The number of carbonyl (C=O) groups is 1. The maximum Gasteiger partial charge on any atom is 0.278 e. The molecule has 0 saturated carbocycles. The van der Waals surface area contributed by atoms with Gasteiger partial charge in [-0.1, -0.05) is 25.1 Å². The number of likely N-dealkylation sites (tertiary alicyclic amines) is 1. The van der Waals surface area contributed by atoms with Crippen molar-refractivity contribution in [2.24, 2.45) is 5.92 Å². The largest absolute Gasteiger partial charge is 0.489 e. The van der Waals surface area contributed by atoms with Crippen LogP contribution < -0.4 is 10.1 Å². The predicted molar refractivity (Wildman–Crippen MR) is 114 cm³/mol. The Kier molecular flexibility index (Phi) is 8.80. The highest BCUT2D eigenvalue weighted by molar-refractivity contribution is 5.95. The van der Waals surface area contributed by atoms with E-state index in [1.807, 2.05) is 48.5 Å². The summed E-state index contributed by atoms with van der Waals surface area (Å²) in [5, 5.41) is 7.78. The maximum atomic E-state index is 13.1. The highest BCUT2D eigenvalue weighted by Gasteiger charge is 2.28. The number of halogens is 1. The van der Waals surface area contributed by atoms with Crippen LogP contribution in [0.15, 0.2) is 36.5 Å². The molecule has 0 radical (unpaired) electrons. The topological polar surface area (TPSA) is 59.4 Å². The molecule has 3 rings (SSSR count). The van der Waals surface area contributed by atoms with Crippen LogP contribution >= 0.6 is 12.4 Å². The van der Waals surface area contributed by atoms with Gasteiger partial charge < -0.3 is 15.0 Å². The number of nitrogens with one attached hydrogen (secondary N) is 1. The van der Waals surface area contributed by atoms with Crippen molar-refractivity contribution in [2.75, 3.05) is 33.3 Å². The molecular weight excluding hydrogens is 376 g/mol. The van der Waals surface area contributed by atoms with Crippen LogP contribution in [0.4, 0.5) is 0 Å². The van der Waals surface area contributed by atoms with Gasteiger partial charge in [-0.25, -0.2) is 4.68 Å². The van der Waals surface area contributed by atoms with Gasteiger partial charge in [0.1, 0.15) is 0 Å². The van der Waals surface area contributed by atoms with Gasteiger partial charge in [-0.05, 0) is 57.3 Å². The number of benzene rings is 1. The van der Waals surface area contributed by atoms with E-state index in [4.69, 9.17) is 4.74 Å². The molecule has 1 aromatic heterocycles. The number of amides is 1. The average molecular weight is 407 g/mol. The minimum absolute atomic E-state index is 0. The molecule has 6 nitrogen and oxygen atoms in total. The molecule has 0 bridgehead atoms. The summed E-state index contributed by atoms with van der Waals surface area (Å²) in [6.07, 6.45) is 5.99. The number of carbonyl (C=O) groups excluding carboxylic acids is 1. The molecule has 0 aliphatic carbocycles. The van der Waals surface area contributed by atoms with E-state index in [1.165, 1.54) is 6.42 Å². The first kappa shape index (κ1) is 22.2. The monoisotopic (exact) mass is 406 g/mol. The lowest BCUT2D eigenvalue weighted by atomic mass is 9.93. The van der Waals surface area contributed by atoms with Gasteiger partial charge in [-0.2, -0.15) is 5.10 Å². The maximum absolute atomic E-state index is 13.1. The van der Waals surface area contributed by atoms with Crippen molar-refractivity contribution in [2.45, 2.75) is 32.6 Å². The van der Waals surface area contributed by atoms with E-state index in [-0.39, 0.29) is 18.3 Å². The SMILES string of the molecule is CCCOc1cn(-c2ccccc2)nc1C(=O)N1CCC(CCNC)CC1.Cl. The third-order valence-electron chi connectivity index (χ3n) is 5.07. The smallest absolute Gasteiger partial charge is 0.278 e. The Morgan fingerprint density at radius 3 is 2.61 bits per heavy atom. The number of nitrogens with zero attached hydrogens (tertiary/aromatic N) is 3. The van der Waals surface area contributed by atoms with E-state index in [0.717, 1.165) is 44.6 Å². The molecule has 1 aliphatic rings. The van der Waals surface area contributed by atoms with Crippen molar-refractivity contribution in [3.05, 3.63) is 42.2 Å². The Bertz CT molecular complexity index is 727. The van der Waals surface area contributed by atoms with E-state index in [2.05, 4.69) is 17.3 Å². The zero-order valence-electron chi connectivity index (χ0n) is 16.8. The fraction of sp³-hybridized carbons (Fsp3) is 0.524. The number of hydrogen-bond acceptors (Lipinski definition) is 4. The van der Waals surface area contributed by atoms with Crippen LogP contribution in [0.5, 0.6) is 5.75 Å². The van der Waals surface area contributed by atoms with Crippen molar-refractivity contribution in [3.63, 3.8) is 0 Å². The van der Waals surface area contributed by atoms with Gasteiger partial charge >= 0.3 is 0 Å². The van der Waals surface area contributed by atoms with Crippen molar-refractivity contribution in [3.8, 4) is 11.4 Å². The molecule has 1 N–H and O–H groups in total.